The van der Waals surface area contributed by atoms with Gasteiger partial charge >= 0.3 is 6.03 Å². The van der Waals surface area contributed by atoms with Gasteiger partial charge in [0.15, 0.2) is 5.13 Å². The summed E-state index contributed by atoms with van der Waals surface area (Å²) in [7, 11) is 1.54. The largest absolute Gasteiger partial charge is 0.495 e. The van der Waals surface area contributed by atoms with Crippen molar-refractivity contribution in [3.05, 3.63) is 42.5 Å². The van der Waals surface area contributed by atoms with E-state index >= 15 is 0 Å². The zero-order chi connectivity index (χ0) is 17.8. The number of benzene rings is 2. The van der Waals surface area contributed by atoms with Gasteiger partial charge in [0.1, 0.15) is 5.75 Å². The molecular formula is C17H16N4O3S. The van der Waals surface area contributed by atoms with Crippen LogP contribution in [0.2, 0.25) is 0 Å². The van der Waals surface area contributed by atoms with Crippen molar-refractivity contribution in [3.8, 4) is 5.75 Å². The number of methoxy groups -OCH3 is 1. The average molecular weight is 356 g/mol. The standard InChI is InChI=1S/C17H16N4O3S/c1-10(22)18-17-21-13-9-11(7-8-15(13)25-17)19-16(23)20-12-5-3-4-6-14(12)24-2/h3-9H,1-2H3,(H,18,21,22)(H2,19,20,23). The van der Waals surface area contributed by atoms with E-state index < -0.39 is 0 Å². The molecule has 0 aliphatic heterocycles. The predicted molar refractivity (Wildman–Crippen MR) is 99.6 cm³/mol. The first-order valence-electron chi connectivity index (χ1n) is 7.44. The van der Waals surface area contributed by atoms with Crippen LogP contribution in [-0.2, 0) is 4.79 Å². The van der Waals surface area contributed by atoms with Gasteiger partial charge in [0.25, 0.3) is 0 Å². The van der Waals surface area contributed by atoms with Gasteiger partial charge in [-0.3, -0.25) is 4.79 Å². The molecule has 3 aromatic rings. The van der Waals surface area contributed by atoms with Gasteiger partial charge in [-0.2, -0.15) is 0 Å². The summed E-state index contributed by atoms with van der Waals surface area (Å²) in [6.45, 7) is 1.43. The SMILES string of the molecule is COc1ccccc1NC(=O)Nc1ccc2sc(NC(C)=O)nc2c1. The van der Waals surface area contributed by atoms with Crippen LogP contribution in [0.3, 0.4) is 0 Å². The van der Waals surface area contributed by atoms with Crippen LogP contribution in [0.15, 0.2) is 42.5 Å². The summed E-state index contributed by atoms with van der Waals surface area (Å²) in [4.78, 5) is 27.6. The molecule has 0 unspecified atom stereocenters. The van der Waals surface area contributed by atoms with Crippen molar-refractivity contribution >= 4 is 50.0 Å². The number of nitrogens with zero attached hydrogens (tertiary/aromatic N) is 1. The van der Waals surface area contributed by atoms with Gasteiger partial charge in [-0.25, -0.2) is 9.78 Å². The first kappa shape index (κ1) is 16.7. The zero-order valence-corrected chi connectivity index (χ0v) is 14.4. The van der Waals surface area contributed by atoms with Crippen LogP contribution in [0.1, 0.15) is 6.92 Å². The molecule has 1 aromatic heterocycles. The lowest BCUT2D eigenvalue weighted by Crippen LogP contribution is -2.19. The molecule has 3 amide bonds. The summed E-state index contributed by atoms with van der Waals surface area (Å²) in [5, 5.41) is 8.68. The lowest BCUT2D eigenvalue weighted by molar-refractivity contribution is -0.114. The van der Waals surface area contributed by atoms with Crippen molar-refractivity contribution < 1.29 is 14.3 Å². The van der Waals surface area contributed by atoms with E-state index in [4.69, 9.17) is 4.74 Å². The van der Waals surface area contributed by atoms with E-state index in [0.717, 1.165) is 4.70 Å². The number of hydrogen-bond acceptors (Lipinski definition) is 5. The Balaban J connectivity index is 1.73. The van der Waals surface area contributed by atoms with Crippen molar-refractivity contribution in [1.82, 2.24) is 4.98 Å². The van der Waals surface area contributed by atoms with Crippen LogP contribution in [0.25, 0.3) is 10.2 Å². The number of ether oxygens (including phenoxy) is 1. The lowest BCUT2D eigenvalue weighted by Gasteiger charge is -2.10. The number of rotatable bonds is 4. The van der Waals surface area contributed by atoms with Gasteiger partial charge in [0.2, 0.25) is 5.91 Å². The highest BCUT2D eigenvalue weighted by molar-refractivity contribution is 7.22. The number of carbonyl (C=O) groups is 2. The third-order valence-corrected chi connectivity index (χ3v) is 4.24. The summed E-state index contributed by atoms with van der Waals surface area (Å²) in [5.74, 6) is 0.404. The maximum Gasteiger partial charge on any atom is 0.323 e. The number of nitrogens with one attached hydrogen (secondary N) is 3. The Bertz CT molecular complexity index is 939. The van der Waals surface area contributed by atoms with Crippen molar-refractivity contribution in [2.75, 3.05) is 23.1 Å². The highest BCUT2D eigenvalue weighted by Crippen LogP contribution is 2.28. The minimum absolute atomic E-state index is 0.173. The van der Waals surface area contributed by atoms with Crippen LogP contribution in [0, 0.1) is 0 Å². The maximum absolute atomic E-state index is 12.2. The number of amides is 3. The lowest BCUT2D eigenvalue weighted by atomic mass is 10.3. The zero-order valence-electron chi connectivity index (χ0n) is 13.6. The first-order chi connectivity index (χ1) is 12.0. The molecule has 0 aliphatic carbocycles. The summed E-state index contributed by atoms with van der Waals surface area (Å²) in [6.07, 6.45) is 0. The number of hydrogen-bond donors (Lipinski definition) is 3. The van der Waals surface area contributed by atoms with Crippen molar-refractivity contribution in [1.29, 1.82) is 0 Å². The fourth-order valence-corrected chi connectivity index (χ4v) is 3.13. The molecule has 128 valence electrons. The van der Waals surface area contributed by atoms with Crippen molar-refractivity contribution in [2.24, 2.45) is 0 Å². The minimum Gasteiger partial charge on any atom is -0.495 e. The number of thiazole rings is 1. The van der Waals surface area contributed by atoms with E-state index in [2.05, 4.69) is 20.9 Å². The Morgan fingerprint density at radius 1 is 1.08 bits per heavy atom. The molecule has 7 nitrogen and oxygen atoms in total. The molecular weight excluding hydrogens is 340 g/mol. The van der Waals surface area contributed by atoms with Crippen molar-refractivity contribution in [2.45, 2.75) is 6.92 Å². The Labute approximate surface area is 148 Å². The molecule has 8 heteroatoms. The Hall–Kier alpha value is -3.13. The van der Waals surface area contributed by atoms with Gasteiger partial charge in [-0.1, -0.05) is 23.5 Å². The van der Waals surface area contributed by atoms with Crippen LogP contribution in [0.5, 0.6) is 5.75 Å². The van der Waals surface area contributed by atoms with Crippen LogP contribution < -0.4 is 20.7 Å². The van der Waals surface area contributed by atoms with Crippen LogP contribution in [-0.4, -0.2) is 24.0 Å². The van der Waals surface area contributed by atoms with E-state index in [-0.39, 0.29) is 11.9 Å². The number of para-hydroxylation sites is 2. The number of urea groups is 1. The molecule has 3 rings (SSSR count). The molecule has 1 heterocycles. The van der Waals surface area contributed by atoms with Gasteiger partial charge < -0.3 is 20.7 Å². The quantitative estimate of drug-likeness (QED) is 0.661. The van der Waals surface area contributed by atoms with Crippen molar-refractivity contribution in [3.63, 3.8) is 0 Å². The molecule has 25 heavy (non-hydrogen) atoms. The fourth-order valence-electron chi connectivity index (χ4n) is 2.24. The normalized spacial score (nSPS) is 10.3. The second-order valence-corrected chi connectivity index (χ2v) is 6.19. The summed E-state index contributed by atoms with van der Waals surface area (Å²) < 4.78 is 6.12. The van der Waals surface area contributed by atoms with E-state index in [1.54, 1.807) is 31.4 Å². The monoisotopic (exact) mass is 356 g/mol. The molecule has 0 radical (unpaired) electrons. The highest BCUT2D eigenvalue weighted by atomic mass is 32.1. The number of aromatic nitrogens is 1. The molecule has 0 saturated heterocycles. The van der Waals surface area contributed by atoms with Gasteiger partial charge in [0, 0.05) is 12.6 Å². The molecule has 0 spiro atoms. The fraction of sp³-hybridized carbons (Fsp3) is 0.118. The smallest absolute Gasteiger partial charge is 0.323 e. The van der Waals surface area contributed by atoms with Gasteiger partial charge in [0.05, 0.1) is 23.0 Å². The summed E-state index contributed by atoms with van der Waals surface area (Å²) >= 11 is 1.37. The maximum atomic E-state index is 12.2. The molecule has 0 aliphatic rings. The molecule has 0 fully saturated rings. The van der Waals surface area contributed by atoms with Crippen LogP contribution in [0.4, 0.5) is 21.3 Å². The van der Waals surface area contributed by atoms with E-state index in [9.17, 15) is 9.59 Å². The van der Waals surface area contributed by atoms with Crippen LogP contribution >= 0.6 is 11.3 Å². The first-order valence-corrected chi connectivity index (χ1v) is 8.26. The number of carbonyl (C=O) groups excluding carboxylic acids is 2. The molecule has 0 bridgehead atoms. The Morgan fingerprint density at radius 3 is 2.64 bits per heavy atom. The average Bonchev–Trinajstić information content (AvgIpc) is 2.95. The minimum atomic E-state index is -0.388. The molecule has 0 atom stereocenters. The second-order valence-electron chi connectivity index (χ2n) is 5.16. The van der Waals surface area contributed by atoms with E-state index in [0.29, 0.717) is 27.8 Å². The third kappa shape index (κ3) is 4.04. The van der Waals surface area contributed by atoms with E-state index in [1.165, 1.54) is 18.3 Å². The summed E-state index contributed by atoms with van der Waals surface area (Å²) in [6, 6.07) is 12.1. The molecule has 0 saturated carbocycles. The Morgan fingerprint density at radius 2 is 1.88 bits per heavy atom. The van der Waals surface area contributed by atoms with Gasteiger partial charge in [-0.15, -0.1) is 0 Å². The summed E-state index contributed by atoms with van der Waals surface area (Å²) in [5.41, 5.74) is 1.87. The predicted octanol–water partition coefficient (Wildman–Crippen LogP) is 3.91. The van der Waals surface area contributed by atoms with Gasteiger partial charge in [-0.05, 0) is 30.3 Å². The molecule has 2 aromatic carbocycles. The topological polar surface area (TPSA) is 92.4 Å². The highest BCUT2D eigenvalue weighted by Gasteiger charge is 2.09. The Kier molecular flexibility index (Phi) is 4.80. The third-order valence-electron chi connectivity index (χ3n) is 3.28. The second kappa shape index (κ2) is 7.18. The number of anilines is 3. The molecule has 3 N–H and O–H groups in total. The van der Waals surface area contributed by atoms with E-state index in [1.807, 2.05) is 18.2 Å². The number of fused-ring (bicyclic) bond motifs is 1.